The highest BCUT2D eigenvalue weighted by molar-refractivity contribution is 5.89. The zero-order chi connectivity index (χ0) is 14.3. The maximum absolute atomic E-state index is 11.8. The number of aliphatic hydroxyl groups excluding tert-OH is 3. The molecule has 1 saturated carbocycles. The molecule has 1 unspecified atom stereocenters. The molecular formula is C14H16O6. The molecule has 0 aromatic heterocycles. The number of rotatable bonds is 3. The fraction of sp³-hybridized carbons (Fsp3) is 0.500. The van der Waals surface area contributed by atoms with Crippen LogP contribution in [0.15, 0.2) is 30.3 Å². The lowest BCUT2D eigenvalue weighted by Gasteiger charge is -2.14. The molecule has 1 saturated heterocycles. The Bertz CT molecular complexity index is 504. The summed E-state index contributed by atoms with van der Waals surface area (Å²) in [5.74, 6) is -0.654. The highest BCUT2D eigenvalue weighted by Gasteiger charge is 2.68. The standard InChI is InChI=1S/C14H16O6/c15-10-11(16)14(20-13(10)18)6-9(14)7-19-12(17)8-4-2-1-3-5-8/h1-5,9-11,13,15-16,18H,6-7H2/t9-,10+,11?,13+,14+/m1/s1. The average molecular weight is 280 g/mol. The molecule has 20 heavy (non-hydrogen) atoms. The number of carbonyl (C=O) groups is 1. The van der Waals surface area contributed by atoms with Gasteiger partial charge in [0.25, 0.3) is 0 Å². The van der Waals surface area contributed by atoms with Gasteiger partial charge in [0.1, 0.15) is 17.8 Å². The lowest BCUT2D eigenvalue weighted by atomic mass is 10.1. The van der Waals surface area contributed by atoms with Crippen LogP contribution in [0, 0.1) is 5.92 Å². The van der Waals surface area contributed by atoms with Crippen LogP contribution in [0.3, 0.4) is 0 Å². The quantitative estimate of drug-likeness (QED) is 0.656. The number of aliphatic hydroxyl groups is 3. The first kappa shape index (κ1) is 13.5. The Morgan fingerprint density at radius 2 is 2.00 bits per heavy atom. The van der Waals surface area contributed by atoms with Crippen LogP contribution >= 0.6 is 0 Å². The molecule has 0 radical (unpaired) electrons. The summed E-state index contributed by atoms with van der Waals surface area (Å²) in [6.45, 7) is 0.0875. The minimum atomic E-state index is -1.39. The highest BCUT2D eigenvalue weighted by Crippen LogP contribution is 2.54. The second kappa shape index (κ2) is 4.82. The number of ether oxygens (including phenoxy) is 2. The molecule has 1 heterocycles. The first-order valence-corrected chi connectivity index (χ1v) is 6.49. The molecule has 1 spiro atoms. The van der Waals surface area contributed by atoms with Gasteiger partial charge in [0, 0.05) is 5.92 Å². The summed E-state index contributed by atoms with van der Waals surface area (Å²) in [4.78, 5) is 11.8. The molecule has 3 rings (SSSR count). The maximum Gasteiger partial charge on any atom is 0.338 e. The third kappa shape index (κ3) is 2.10. The number of hydrogen-bond donors (Lipinski definition) is 3. The van der Waals surface area contributed by atoms with E-state index in [1.54, 1.807) is 30.3 Å². The average Bonchev–Trinajstić information content (AvgIpc) is 3.12. The van der Waals surface area contributed by atoms with Gasteiger partial charge in [0.15, 0.2) is 6.29 Å². The molecule has 1 aliphatic heterocycles. The number of carbonyl (C=O) groups excluding carboxylic acids is 1. The van der Waals surface area contributed by atoms with Crippen molar-refractivity contribution in [2.75, 3.05) is 6.61 Å². The Labute approximate surface area is 115 Å². The van der Waals surface area contributed by atoms with Crippen molar-refractivity contribution >= 4 is 5.97 Å². The highest BCUT2D eigenvalue weighted by atomic mass is 16.7. The van der Waals surface area contributed by atoms with E-state index in [2.05, 4.69) is 0 Å². The summed E-state index contributed by atoms with van der Waals surface area (Å²) in [6.07, 6.45) is -3.41. The van der Waals surface area contributed by atoms with Gasteiger partial charge in [-0.25, -0.2) is 4.79 Å². The van der Waals surface area contributed by atoms with Crippen molar-refractivity contribution in [1.29, 1.82) is 0 Å². The van der Waals surface area contributed by atoms with E-state index in [9.17, 15) is 20.1 Å². The Hall–Kier alpha value is -1.47. The van der Waals surface area contributed by atoms with Crippen LogP contribution < -0.4 is 0 Å². The molecule has 6 nitrogen and oxygen atoms in total. The minimum absolute atomic E-state index is 0.0875. The van der Waals surface area contributed by atoms with Gasteiger partial charge in [0.2, 0.25) is 0 Å². The van der Waals surface area contributed by atoms with Crippen molar-refractivity contribution in [1.82, 2.24) is 0 Å². The zero-order valence-electron chi connectivity index (χ0n) is 10.7. The summed E-state index contributed by atoms with van der Waals surface area (Å²) in [5, 5.41) is 28.7. The van der Waals surface area contributed by atoms with Crippen LogP contribution in [0.5, 0.6) is 0 Å². The van der Waals surface area contributed by atoms with Crippen LogP contribution in [-0.2, 0) is 9.47 Å². The second-order valence-corrected chi connectivity index (χ2v) is 5.26. The SMILES string of the molecule is O=C(OC[C@H]1C[C@]12O[C@H](O)[C@@H](O)C2O)c1ccccc1. The first-order chi connectivity index (χ1) is 9.54. The van der Waals surface area contributed by atoms with E-state index in [1.807, 2.05) is 0 Å². The molecule has 3 N–H and O–H groups in total. The van der Waals surface area contributed by atoms with Gasteiger partial charge < -0.3 is 24.8 Å². The molecule has 6 heteroatoms. The molecule has 2 fully saturated rings. The zero-order valence-corrected chi connectivity index (χ0v) is 10.7. The summed E-state index contributed by atoms with van der Waals surface area (Å²) in [7, 11) is 0. The number of benzene rings is 1. The normalized spacial score (nSPS) is 39.0. The van der Waals surface area contributed by atoms with Gasteiger partial charge in [-0.3, -0.25) is 0 Å². The van der Waals surface area contributed by atoms with E-state index in [0.29, 0.717) is 12.0 Å². The Balaban J connectivity index is 1.56. The van der Waals surface area contributed by atoms with E-state index < -0.39 is 30.1 Å². The first-order valence-electron chi connectivity index (χ1n) is 6.49. The van der Waals surface area contributed by atoms with Crippen LogP contribution in [0.25, 0.3) is 0 Å². The van der Waals surface area contributed by atoms with E-state index in [0.717, 1.165) is 0 Å². The number of hydrogen-bond acceptors (Lipinski definition) is 6. The number of esters is 1. The molecule has 1 aliphatic carbocycles. The van der Waals surface area contributed by atoms with Gasteiger partial charge >= 0.3 is 5.97 Å². The van der Waals surface area contributed by atoms with Crippen LogP contribution in [-0.4, -0.2) is 52.0 Å². The summed E-state index contributed by atoms with van der Waals surface area (Å²) < 4.78 is 10.4. The van der Waals surface area contributed by atoms with E-state index >= 15 is 0 Å². The van der Waals surface area contributed by atoms with Gasteiger partial charge in [-0.1, -0.05) is 18.2 Å². The fourth-order valence-electron chi connectivity index (χ4n) is 2.68. The van der Waals surface area contributed by atoms with Crippen molar-refractivity contribution in [3.8, 4) is 0 Å². The summed E-state index contributed by atoms with van der Waals surface area (Å²) >= 11 is 0. The van der Waals surface area contributed by atoms with Gasteiger partial charge in [-0.2, -0.15) is 0 Å². The van der Waals surface area contributed by atoms with Gasteiger partial charge in [0.05, 0.1) is 12.2 Å². The topological polar surface area (TPSA) is 96.2 Å². The van der Waals surface area contributed by atoms with Crippen molar-refractivity contribution in [3.63, 3.8) is 0 Å². The molecule has 1 aromatic carbocycles. The third-order valence-electron chi connectivity index (χ3n) is 3.98. The largest absolute Gasteiger partial charge is 0.462 e. The van der Waals surface area contributed by atoms with Crippen LogP contribution in [0.4, 0.5) is 0 Å². The van der Waals surface area contributed by atoms with Crippen LogP contribution in [0.2, 0.25) is 0 Å². The fourth-order valence-corrected chi connectivity index (χ4v) is 2.68. The van der Waals surface area contributed by atoms with Gasteiger partial charge in [-0.05, 0) is 18.6 Å². The predicted octanol–water partition coefficient (Wildman–Crippen LogP) is -0.328. The summed E-state index contributed by atoms with van der Waals surface area (Å²) in [6, 6.07) is 8.59. The summed E-state index contributed by atoms with van der Waals surface area (Å²) in [5.41, 5.74) is -0.523. The minimum Gasteiger partial charge on any atom is -0.462 e. The Morgan fingerprint density at radius 1 is 1.30 bits per heavy atom. The monoisotopic (exact) mass is 280 g/mol. The van der Waals surface area contributed by atoms with E-state index in [1.165, 1.54) is 0 Å². The van der Waals surface area contributed by atoms with E-state index in [-0.39, 0.29) is 12.5 Å². The molecule has 0 bridgehead atoms. The predicted molar refractivity (Wildman–Crippen MR) is 66.7 cm³/mol. The molecule has 2 aliphatic rings. The van der Waals surface area contributed by atoms with Crippen molar-refractivity contribution in [3.05, 3.63) is 35.9 Å². The van der Waals surface area contributed by atoms with E-state index in [4.69, 9.17) is 9.47 Å². The Morgan fingerprint density at radius 3 is 2.60 bits per heavy atom. The van der Waals surface area contributed by atoms with Crippen molar-refractivity contribution < 1.29 is 29.6 Å². The molecule has 108 valence electrons. The maximum atomic E-state index is 11.8. The van der Waals surface area contributed by atoms with Crippen molar-refractivity contribution in [2.45, 2.75) is 30.5 Å². The molecule has 0 amide bonds. The second-order valence-electron chi connectivity index (χ2n) is 5.26. The Kier molecular flexibility index (Phi) is 3.25. The molecular weight excluding hydrogens is 264 g/mol. The van der Waals surface area contributed by atoms with Crippen molar-refractivity contribution in [2.24, 2.45) is 5.92 Å². The van der Waals surface area contributed by atoms with Crippen LogP contribution in [0.1, 0.15) is 16.8 Å². The third-order valence-corrected chi connectivity index (χ3v) is 3.98. The molecule has 1 aromatic rings. The molecule has 5 atom stereocenters. The smallest absolute Gasteiger partial charge is 0.338 e. The lowest BCUT2D eigenvalue weighted by Crippen LogP contribution is -2.35. The lowest BCUT2D eigenvalue weighted by molar-refractivity contribution is -0.137. The van der Waals surface area contributed by atoms with Gasteiger partial charge in [-0.15, -0.1) is 0 Å².